The van der Waals surface area contributed by atoms with Gasteiger partial charge in [0.05, 0.1) is 29.0 Å². The number of nitrogens with zero attached hydrogens (tertiary/aromatic N) is 3. The largest absolute Gasteiger partial charge is 0.457 e. The highest BCUT2D eigenvalue weighted by molar-refractivity contribution is 7.80. The van der Waals surface area contributed by atoms with Gasteiger partial charge in [-0.25, -0.2) is 0 Å². The average molecular weight is 599 g/mol. The number of aromatic nitrogens is 2. The minimum absolute atomic E-state index is 0.0864. The predicted octanol–water partition coefficient (Wildman–Crippen LogP) is 8.79. The Morgan fingerprint density at radius 2 is 1.49 bits per heavy atom. The molecule has 5 aromatic rings. The van der Waals surface area contributed by atoms with Crippen LogP contribution < -0.4 is 15.0 Å². The van der Waals surface area contributed by atoms with Gasteiger partial charge in [-0.2, -0.15) is 13.2 Å². The number of ether oxygens (including phenoxy) is 1. The zero-order valence-electron chi connectivity index (χ0n) is 23.8. The molecule has 1 saturated heterocycles. The fourth-order valence-electron chi connectivity index (χ4n) is 5.73. The summed E-state index contributed by atoms with van der Waals surface area (Å²) in [6, 6.07) is 28.0. The normalized spacial score (nSPS) is 16.8. The molecule has 2 atom stereocenters. The van der Waals surface area contributed by atoms with E-state index in [0.29, 0.717) is 22.2 Å². The zero-order valence-corrected chi connectivity index (χ0v) is 24.6. The van der Waals surface area contributed by atoms with Crippen LogP contribution in [0.2, 0.25) is 0 Å². The summed E-state index contributed by atoms with van der Waals surface area (Å²) in [6.45, 7) is 5.69. The molecule has 5 nitrogen and oxygen atoms in total. The number of hydrogen-bond donors (Lipinski definition) is 1. The molecular formula is C34H29F3N4OS. The van der Waals surface area contributed by atoms with E-state index in [1.807, 2.05) is 98.5 Å². The number of nitrogens with one attached hydrogen (secondary N) is 1. The third-order valence-electron chi connectivity index (χ3n) is 7.71. The Morgan fingerprint density at radius 3 is 2.14 bits per heavy atom. The first-order chi connectivity index (χ1) is 20.6. The predicted molar refractivity (Wildman–Crippen MR) is 166 cm³/mol. The van der Waals surface area contributed by atoms with Crippen LogP contribution >= 0.6 is 12.2 Å². The summed E-state index contributed by atoms with van der Waals surface area (Å²) in [6.07, 6.45) is -2.78. The van der Waals surface area contributed by atoms with E-state index in [0.717, 1.165) is 34.3 Å². The Labute approximate surface area is 253 Å². The molecular weight excluding hydrogens is 569 g/mol. The van der Waals surface area contributed by atoms with Crippen molar-refractivity contribution in [2.45, 2.75) is 39.0 Å². The van der Waals surface area contributed by atoms with E-state index in [4.69, 9.17) is 17.0 Å². The van der Waals surface area contributed by atoms with E-state index < -0.39 is 11.7 Å². The molecule has 43 heavy (non-hydrogen) atoms. The number of para-hydroxylation sites is 1. The van der Waals surface area contributed by atoms with Crippen molar-refractivity contribution in [3.05, 3.63) is 137 Å². The molecule has 3 aromatic carbocycles. The number of aryl methyl sites for hydroxylation is 2. The van der Waals surface area contributed by atoms with Crippen molar-refractivity contribution in [1.29, 1.82) is 0 Å². The van der Waals surface area contributed by atoms with Gasteiger partial charge in [-0.1, -0.05) is 35.9 Å². The maximum absolute atomic E-state index is 14.0. The Bertz CT molecular complexity index is 1770. The highest BCUT2D eigenvalue weighted by atomic mass is 32.1. The molecule has 1 N–H and O–H groups in total. The summed E-state index contributed by atoms with van der Waals surface area (Å²) in [5.41, 5.74) is 4.35. The third-order valence-corrected chi connectivity index (χ3v) is 8.02. The summed E-state index contributed by atoms with van der Waals surface area (Å²) in [5.74, 6) is 1.40. The van der Waals surface area contributed by atoms with Crippen molar-refractivity contribution in [3.63, 3.8) is 0 Å². The van der Waals surface area contributed by atoms with Gasteiger partial charge in [0.1, 0.15) is 11.5 Å². The fraction of sp³-hybridized carbons (Fsp3) is 0.176. The molecule has 3 heterocycles. The molecule has 6 rings (SSSR count). The summed E-state index contributed by atoms with van der Waals surface area (Å²) >= 11 is 5.87. The second kappa shape index (κ2) is 11.2. The third kappa shape index (κ3) is 5.48. The highest BCUT2D eigenvalue weighted by Gasteiger charge is 2.43. The van der Waals surface area contributed by atoms with Gasteiger partial charge < -0.3 is 19.5 Å². The van der Waals surface area contributed by atoms with Crippen LogP contribution in [-0.4, -0.2) is 14.7 Å². The first kappa shape index (κ1) is 28.5. The van der Waals surface area contributed by atoms with E-state index >= 15 is 0 Å². The van der Waals surface area contributed by atoms with E-state index in [1.54, 1.807) is 16.8 Å². The molecule has 0 aliphatic carbocycles. The van der Waals surface area contributed by atoms with Gasteiger partial charge in [-0.3, -0.25) is 4.98 Å². The molecule has 218 valence electrons. The van der Waals surface area contributed by atoms with Crippen molar-refractivity contribution in [2.24, 2.45) is 0 Å². The van der Waals surface area contributed by atoms with E-state index in [2.05, 4.69) is 10.3 Å². The molecule has 0 amide bonds. The van der Waals surface area contributed by atoms with Crippen molar-refractivity contribution in [2.75, 3.05) is 4.90 Å². The molecule has 1 aliphatic heterocycles. The fourth-order valence-corrected chi connectivity index (χ4v) is 6.08. The van der Waals surface area contributed by atoms with Crippen LogP contribution in [0.25, 0.3) is 5.69 Å². The van der Waals surface area contributed by atoms with E-state index in [9.17, 15) is 13.2 Å². The van der Waals surface area contributed by atoms with Gasteiger partial charge in [-0.05, 0) is 105 Å². The average Bonchev–Trinajstić information content (AvgIpc) is 3.49. The number of alkyl halides is 3. The quantitative estimate of drug-likeness (QED) is 0.198. The van der Waals surface area contributed by atoms with Crippen molar-refractivity contribution < 1.29 is 17.9 Å². The molecule has 2 aromatic heterocycles. The zero-order chi connectivity index (χ0) is 30.3. The standard InChI is InChI=1S/C34H29F3N4OS/c1-21-11-15-25(16-12-21)42-26-17-13-24(14-18-26)41-32(31(39-33(41)43)29-9-6-7-19-38-29)27-20-22(2)40(23(27)3)30-10-5-4-8-28(30)34(35,36)37/h4-20,31-32H,1-3H3,(H,39,43)/t31-,32-/m1/s1. The highest BCUT2D eigenvalue weighted by Crippen LogP contribution is 2.45. The number of hydrogen-bond acceptors (Lipinski definition) is 3. The molecule has 9 heteroatoms. The molecule has 0 bridgehead atoms. The summed E-state index contributed by atoms with van der Waals surface area (Å²) in [4.78, 5) is 6.61. The minimum Gasteiger partial charge on any atom is -0.457 e. The van der Waals surface area contributed by atoms with Crippen molar-refractivity contribution in [1.82, 2.24) is 14.9 Å². The number of pyridine rings is 1. The molecule has 0 saturated carbocycles. The van der Waals surface area contributed by atoms with Crippen LogP contribution in [0.15, 0.2) is 103 Å². The van der Waals surface area contributed by atoms with Gasteiger partial charge in [0.25, 0.3) is 0 Å². The Morgan fingerprint density at radius 1 is 0.837 bits per heavy atom. The van der Waals surface area contributed by atoms with Crippen LogP contribution in [0.5, 0.6) is 11.5 Å². The summed E-state index contributed by atoms with van der Waals surface area (Å²) < 4.78 is 49.8. The number of rotatable bonds is 6. The molecule has 0 radical (unpaired) electrons. The monoisotopic (exact) mass is 598 g/mol. The van der Waals surface area contributed by atoms with Crippen LogP contribution in [0.1, 0.15) is 45.9 Å². The molecule has 0 unspecified atom stereocenters. The molecule has 1 fully saturated rings. The van der Waals surface area contributed by atoms with E-state index in [-0.39, 0.29) is 17.8 Å². The van der Waals surface area contributed by atoms with Gasteiger partial charge in [0, 0.05) is 23.3 Å². The second-order valence-electron chi connectivity index (χ2n) is 10.6. The minimum atomic E-state index is -4.50. The van der Waals surface area contributed by atoms with Crippen LogP contribution in [0, 0.1) is 20.8 Å². The lowest BCUT2D eigenvalue weighted by molar-refractivity contribution is -0.137. The maximum Gasteiger partial charge on any atom is 0.418 e. The van der Waals surface area contributed by atoms with Gasteiger partial charge >= 0.3 is 6.18 Å². The molecule has 0 spiro atoms. The maximum atomic E-state index is 14.0. The van der Waals surface area contributed by atoms with Crippen LogP contribution in [0.3, 0.4) is 0 Å². The topological polar surface area (TPSA) is 42.3 Å². The number of anilines is 1. The Kier molecular flexibility index (Phi) is 7.43. The lowest BCUT2D eigenvalue weighted by atomic mass is 9.96. The lowest BCUT2D eigenvalue weighted by Crippen LogP contribution is -2.29. The van der Waals surface area contributed by atoms with Crippen LogP contribution in [0.4, 0.5) is 18.9 Å². The SMILES string of the molecule is Cc1ccc(Oc2ccc(N3C(=S)N[C@H](c4ccccn4)[C@H]3c3cc(C)n(-c4ccccc4C(F)(F)F)c3C)cc2)cc1. The first-order valence-electron chi connectivity index (χ1n) is 13.8. The van der Waals surface area contributed by atoms with Crippen LogP contribution in [-0.2, 0) is 6.18 Å². The van der Waals surface area contributed by atoms with Crippen molar-refractivity contribution in [3.8, 4) is 17.2 Å². The summed E-state index contributed by atoms with van der Waals surface area (Å²) in [5, 5.41) is 3.93. The summed E-state index contributed by atoms with van der Waals surface area (Å²) in [7, 11) is 0. The Balaban J connectivity index is 1.43. The number of benzene rings is 3. The van der Waals surface area contributed by atoms with Gasteiger partial charge in [0.15, 0.2) is 5.11 Å². The lowest BCUT2D eigenvalue weighted by Gasteiger charge is -2.28. The van der Waals surface area contributed by atoms with Gasteiger partial charge in [0.2, 0.25) is 0 Å². The van der Waals surface area contributed by atoms with Crippen molar-refractivity contribution >= 4 is 23.0 Å². The molecule has 1 aliphatic rings. The van der Waals surface area contributed by atoms with E-state index in [1.165, 1.54) is 12.1 Å². The smallest absolute Gasteiger partial charge is 0.418 e. The first-order valence-corrected chi connectivity index (χ1v) is 14.2. The number of thiocarbonyl (C=S) groups is 1. The Hall–Kier alpha value is -4.63. The van der Waals surface area contributed by atoms with Gasteiger partial charge in [-0.15, -0.1) is 0 Å². The second-order valence-corrected chi connectivity index (χ2v) is 11.0. The number of halogens is 3.